The standard InChI is InChI=1S/C12H11NO3/c1-13-9(7-14)11(15)10(12(13)16)8-5-3-2-4-6-8/h2-7,10,14H,1H3/b9-7+. The minimum absolute atomic E-state index is 0.0406. The van der Waals surface area contributed by atoms with E-state index >= 15 is 0 Å². The fourth-order valence-corrected chi connectivity index (χ4v) is 1.83. The number of likely N-dealkylation sites (N-methyl/N-ethyl adjacent to an activating group) is 1. The molecule has 2 rings (SSSR count). The average Bonchev–Trinajstić information content (AvgIpc) is 2.51. The summed E-state index contributed by atoms with van der Waals surface area (Å²) in [7, 11) is 1.48. The largest absolute Gasteiger partial charge is 0.513 e. The molecule has 1 aliphatic heterocycles. The second kappa shape index (κ2) is 3.81. The topological polar surface area (TPSA) is 57.6 Å². The van der Waals surface area contributed by atoms with E-state index in [9.17, 15) is 9.59 Å². The quantitative estimate of drug-likeness (QED) is 0.437. The van der Waals surface area contributed by atoms with Crippen molar-refractivity contribution in [3.8, 4) is 0 Å². The van der Waals surface area contributed by atoms with Gasteiger partial charge in [-0.3, -0.25) is 9.59 Å². The van der Waals surface area contributed by atoms with Crippen LogP contribution in [0.15, 0.2) is 42.3 Å². The number of carbonyl (C=O) groups is 2. The number of carbonyl (C=O) groups excluding carboxylic acids is 2. The molecule has 0 aliphatic carbocycles. The van der Waals surface area contributed by atoms with Gasteiger partial charge in [0, 0.05) is 7.05 Å². The first-order valence-corrected chi connectivity index (χ1v) is 4.88. The normalized spacial score (nSPS) is 23.2. The maximum atomic E-state index is 11.9. The van der Waals surface area contributed by atoms with Crippen molar-refractivity contribution < 1.29 is 14.7 Å². The van der Waals surface area contributed by atoms with E-state index in [1.165, 1.54) is 11.9 Å². The molecule has 1 heterocycles. The van der Waals surface area contributed by atoms with Gasteiger partial charge in [-0.15, -0.1) is 0 Å². The Labute approximate surface area is 92.8 Å². The molecule has 1 aliphatic rings. The van der Waals surface area contributed by atoms with Crippen molar-refractivity contribution in [1.29, 1.82) is 0 Å². The van der Waals surface area contributed by atoms with Crippen LogP contribution in [0, 0.1) is 0 Å². The monoisotopic (exact) mass is 217 g/mol. The van der Waals surface area contributed by atoms with E-state index < -0.39 is 5.92 Å². The van der Waals surface area contributed by atoms with Crippen molar-refractivity contribution in [2.24, 2.45) is 0 Å². The molecule has 0 radical (unpaired) electrons. The number of likely N-dealkylation sites (tertiary alicyclic amines) is 1. The molecule has 1 fully saturated rings. The minimum Gasteiger partial charge on any atom is -0.513 e. The van der Waals surface area contributed by atoms with Crippen molar-refractivity contribution >= 4 is 11.7 Å². The SMILES string of the molecule is CN1C(=O)C(c2ccccc2)C(=O)/C1=C\O. The summed E-state index contributed by atoms with van der Waals surface area (Å²) in [6.45, 7) is 0. The second-order valence-corrected chi connectivity index (χ2v) is 3.62. The number of aliphatic hydroxyl groups excluding tert-OH is 1. The summed E-state index contributed by atoms with van der Waals surface area (Å²) in [5, 5.41) is 8.91. The highest BCUT2D eigenvalue weighted by molar-refractivity contribution is 6.20. The molecule has 4 heteroatoms. The van der Waals surface area contributed by atoms with Crippen LogP contribution in [0.25, 0.3) is 0 Å². The molecule has 82 valence electrons. The molecule has 1 saturated heterocycles. The first-order valence-electron chi connectivity index (χ1n) is 4.88. The van der Waals surface area contributed by atoms with Crippen LogP contribution >= 0.6 is 0 Å². The number of allylic oxidation sites excluding steroid dienone is 1. The van der Waals surface area contributed by atoms with Gasteiger partial charge in [0.1, 0.15) is 17.9 Å². The molecule has 4 nitrogen and oxygen atoms in total. The number of hydrogen-bond donors (Lipinski definition) is 1. The van der Waals surface area contributed by atoms with E-state index in [-0.39, 0.29) is 17.4 Å². The van der Waals surface area contributed by atoms with Crippen LogP contribution in [-0.4, -0.2) is 28.7 Å². The summed E-state index contributed by atoms with van der Waals surface area (Å²) >= 11 is 0. The van der Waals surface area contributed by atoms with Gasteiger partial charge < -0.3 is 10.0 Å². The van der Waals surface area contributed by atoms with Gasteiger partial charge in [0.25, 0.3) is 0 Å². The Morgan fingerprint density at radius 2 is 1.88 bits per heavy atom. The van der Waals surface area contributed by atoms with Crippen molar-refractivity contribution in [3.63, 3.8) is 0 Å². The van der Waals surface area contributed by atoms with E-state index in [2.05, 4.69) is 0 Å². The second-order valence-electron chi connectivity index (χ2n) is 3.62. The van der Waals surface area contributed by atoms with E-state index in [0.717, 1.165) is 0 Å². The summed E-state index contributed by atoms with van der Waals surface area (Å²) in [4.78, 5) is 24.9. The number of rotatable bonds is 1. The molecule has 1 atom stereocenters. The summed E-state index contributed by atoms with van der Waals surface area (Å²) in [6, 6.07) is 8.83. The highest BCUT2D eigenvalue weighted by Crippen LogP contribution is 2.30. The van der Waals surface area contributed by atoms with Gasteiger partial charge in [-0.2, -0.15) is 0 Å². The lowest BCUT2D eigenvalue weighted by atomic mass is 9.96. The van der Waals surface area contributed by atoms with E-state index in [0.29, 0.717) is 11.8 Å². The fraction of sp³-hybridized carbons (Fsp3) is 0.167. The lowest BCUT2D eigenvalue weighted by Crippen LogP contribution is -2.21. The molecule has 0 spiro atoms. The number of Topliss-reactive ketones (excluding diaryl/α,β-unsaturated/α-hetero) is 1. The van der Waals surface area contributed by atoms with Gasteiger partial charge in [0.2, 0.25) is 5.91 Å². The molecular formula is C12H11NO3. The zero-order valence-corrected chi connectivity index (χ0v) is 8.75. The number of amides is 1. The van der Waals surface area contributed by atoms with Crippen molar-refractivity contribution in [1.82, 2.24) is 4.90 Å². The van der Waals surface area contributed by atoms with Crippen molar-refractivity contribution in [2.75, 3.05) is 7.05 Å². The minimum atomic E-state index is -0.815. The number of aliphatic hydroxyl groups is 1. The highest BCUT2D eigenvalue weighted by atomic mass is 16.2. The number of benzene rings is 1. The van der Waals surface area contributed by atoms with Gasteiger partial charge in [0.15, 0.2) is 5.78 Å². The van der Waals surface area contributed by atoms with E-state index in [4.69, 9.17) is 5.11 Å². The van der Waals surface area contributed by atoms with Crippen LogP contribution in [0.3, 0.4) is 0 Å². The summed E-state index contributed by atoms with van der Waals surface area (Å²) in [5.41, 5.74) is 0.694. The maximum absolute atomic E-state index is 11.9. The van der Waals surface area contributed by atoms with Crippen LogP contribution in [0.2, 0.25) is 0 Å². The summed E-state index contributed by atoms with van der Waals surface area (Å²) in [5.74, 6) is -1.48. The van der Waals surface area contributed by atoms with Gasteiger partial charge in [0.05, 0.1) is 0 Å². The Kier molecular flexibility index (Phi) is 2.48. The molecule has 1 aromatic carbocycles. The lowest BCUT2D eigenvalue weighted by Gasteiger charge is -2.08. The lowest BCUT2D eigenvalue weighted by molar-refractivity contribution is -0.128. The zero-order valence-electron chi connectivity index (χ0n) is 8.75. The van der Waals surface area contributed by atoms with Crippen molar-refractivity contribution in [3.05, 3.63) is 47.9 Å². The number of nitrogens with zero attached hydrogens (tertiary/aromatic N) is 1. The maximum Gasteiger partial charge on any atom is 0.242 e. The predicted molar refractivity (Wildman–Crippen MR) is 57.7 cm³/mol. The number of ketones is 1. The zero-order chi connectivity index (χ0) is 11.7. The Bertz CT molecular complexity index is 464. The van der Waals surface area contributed by atoms with Gasteiger partial charge >= 0.3 is 0 Å². The van der Waals surface area contributed by atoms with Crippen LogP contribution in [0.4, 0.5) is 0 Å². The smallest absolute Gasteiger partial charge is 0.242 e. The molecule has 0 aromatic heterocycles. The summed E-state index contributed by atoms with van der Waals surface area (Å²) < 4.78 is 0. The Morgan fingerprint density at radius 3 is 2.38 bits per heavy atom. The molecular weight excluding hydrogens is 206 g/mol. The molecule has 0 saturated carbocycles. The third-order valence-corrected chi connectivity index (χ3v) is 2.71. The molecule has 1 N–H and O–H groups in total. The molecule has 0 bridgehead atoms. The van der Waals surface area contributed by atoms with Gasteiger partial charge in [-0.05, 0) is 5.56 Å². The van der Waals surface area contributed by atoms with E-state index in [1.54, 1.807) is 24.3 Å². The fourth-order valence-electron chi connectivity index (χ4n) is 1.83. The molecule has 1 amide bonds. The number of hydrogen-bond acceptors (Lipinski definition) is 3. The van der Waals surface area contributed by atoms with Crippen molar-refractivity contribution in [2.45, 2.75) is 5.92 Å². The van der Waals surface area contributed by atoms with Crippen LogP contribution in [0.5, 0.6) is 0 Å². The Hall–Kier alpha value is -2.10. The Morgan fingerprint density at radius 1 is 1.25 bits per heavy atom. The third kappa shape index (κ3) is 1.39. The first kappa shape index (κ1) is 10.4. The average molecular weight is 217 g/mol. The van der Waals surface area contributed by atoms with Gasteiger partial charge in [-0.1, -0.05) is 30.3 Å². The van der Waals surface area contributed by atoms with Crippen LogP contribution < -0.4 is 0 Å². The predicted octanol–water partition coefficient (Wildman–Crippen LogP) is 1.21. The van der Waals surface area contributed by atoms with Crippen LogP contribution in [0.1, 0.15) is 11.5 Å². The van der Waals surface area contributed by atoms with E-state index in [1.807, 2.05) is 6.07 Å². The molecule has 16 heavy (non-hydrogen) atoms. The highest BCUT2D eigenvalue weighted by Gasteiger charge is 2.42. The van der Waals surface area contributed by atoms with Crippen LogP contribution in [-0.2, 0) is 9.59 Å². The third-order valence-electron chi connectivity index (χ3n) is 2.71. The first-order chi connectivity index (χ1) is 7.66. The molecule has 1 unspecified atom stereocenters. The van der Waals surface area contributed by atoms with Gasteiger partial charge in [-0.25, -0.2) is 0 Å². The Balaban J connectivity index is 2.45. The summed E-state index contributed by atoms with van der Waals surface area (Å²) in [6.07, 6.45) is 0.684. The molecule has 1 aromatic rings.